The summed E-state index contributed by atoms with van der Waals surface area (Å²) in [5, 5.41) is 17.9. The summed E-state index contributed by atoms with van der Waals surface area (Å²) >= 11 is 1.63. The van der Waals surface area contributed by atoms with E-state index < -0.39 is 11.9 Å². The lowest BCUT2D eigenvalue weighted by atomic mass is 10.1. The molecule has 7 heteroatoms. The van der Waals surface area contributed by atoms with Gasteiger partial charge in [-0.25, -0.2) is 9.59 Å². The summed E-state index contributed by atoms with van der Waals surface area (Å²) < 4.78 is 0. The highest BCUT2D eigenvalue weighted by molar-refractivity contribution is 7.99. The minimum Gasteiger partial charge on any atom is -0.478 e. The molecule has 0 bridgehead atoms. The predicted octanol–water partition coefficient (Wildman–Crippen LogP) is 6.74. The van der Waals surface area contributed by atoms with Gasteiger partial charge in [0.15, 0.2) is 0 Å². The van der Waals surface area contributed by atoms with Gasteiger partial charge in [0.2, 0.25) is 0 Å². The number of carbonyl (C=O) groups is 2. The van der Waals surface area contributed by atoms with Crippen molar-refractivity contribution in [2.45, 2.75) is 9.79 Å². The summed E-state index contributed by atoms with van der Waals surface area (Å²) in [6, 6.07) is 28.8. The SMILES string of the molecule is O=C(O)c1ccc(C=Nc2ccc(Sc3ccc(N=Cc4ccc(C(=O)O)cc4)cc3)cc2)cc1. The van der Waals surface area contributed by atoms with Gasteiger partial charge in [0.25, 0.3) is 0 Å². The third-order valence-electron chi connectivity index (χ3n) is 4.95. The van der Waals surface area contributed by atoms with Crippen LogP contribution in [0.4, 0.5) is 11.4 Å². The van der Waals surface area contributed by atoms with E-state index in [2.05, 4.69) is 9.98 Å². The maximum Gasteiger partial charge on any atom is 0.335 e. The Bertz CT molecular complexity index is 1270. The zero-order valence-electron chi connectivity index (χ0n) is 18.4. The summed E-state index contributed by atoms with van der Waals surface area (Å²) in [6.45, 7) is 0. The van der Waals surface area contributed by atoms with Crippen molar-refractivity contribution in [1.29, 1.82) is 0 Å². The first-order valence-electron chi connectivity index (χ1n) is 10.6. The molecule has 0 amide bonds. The van der Waals surface area contributed by atoms with E-state index in [0.717, 1.165) is 32.3 Å². The molecule has 0 fully saturated rings. The van der Waals surface area contributed by atoms with Crippen LogP contribution in [-0.4, -0.2) is 34.6 Å². The topological polar surface area (TPSA) is 99.3 Å². The molecule has 0 saturated heterocycles. The number of benzene rings is 4. The summed E-state index contributed by atoms with van der Waals surface area (Å²) in [5.41, 5.74) is 3.75. The fourth-order valence-corrected chi connectivity index (χ4v) is 3.87. The number of nitrogens with zero attached hydrogens (tertiary/aromatic N) is 2. The minimum absolute atomic E-state index is 0.246. The molecule has 0 aliphatic heterocycles. The summed E-state index contributed by atoms with van der Waals surface area (Å²) in [6.07, 6.45) is 3.40. The molecule has 0 aliphatic rings. The lowest BCUT2D eigenvalue weighted by molar-refractivity contribution is 0.0686. The van der Waals surface area contributed by atoms with Gasteiger partial charge in [-0.1, -0.05) is 36.0 Å². The van der Waals surface area contributed by atoms with Crippen molar-refractivity contribution in [1.82, 2.24) is 0 Å². The lowest BCUT2D eigenvalue weighted by Gasteiger charge is -2.03. The van der Waals surface area contributed by atoms with Crippen molar-refractivity contribution in [3.63, 3.8) is 0 Å². The number of carboxylic acid groups (broad SMARTS) is 2. The Morgan fingerprint density at radius 3 is 1.20 bits per heavy atom. The second-order valence-corrected chi connectivity index (χ2v) is 8.61. The van der Waals surface area contributed by atoms with Gasteiger partial charge in [0.05, 0.1) is 22.5 Å². The predicted molar refractivity (Wildman–Crippen MR) is 138 cm³/mol. The van der Waals surface area contributed by atoms with Crippen LogP contribution < -0.4 is 0 Å². The zero-order chi connectivity index (χ0) is 24.6. The molecule has 0 spiro atoms. The molecule has 0 atom stereocenters. The van der Waals surface area contributed by atoms with Crippen molar-refractivity contribution in [2.24, 2.45) is 9.98 Å². The van der Waals surface area contributed by atoms with Crippen molar-refractivity contribution >= 4 is 47.5 Å². The van der Waals surface area contributed by atoms with Crippen LogP contribution in [0.5, 0.6) is 0 Å². The highest BCUT2D eigenvalue weighted by Crippen LogP contribution is 2.30. The number of rotatable bonds is 8. The standard InChI is InChI=1S/C28H20N2O4S/c31-27(32)21-5-1-19(2-6-21)17-29-23-9-13-25(14-10-23)35-26-15-11-24(12-16-26)30-18-20-3-7-22(8-4-20)28(33)34/h1-18H,(H,31,32)(H,33,34). The van der Waals surface area contributed by atoms with E-state index in [1.54, 1.807) is 72.7 Å². The van der Waals surface area contributed by atoms with Crippen LogP contribution in [0.1, 0.15) is 31.8 Å². The first kappa shape index (κ1) is 23.7. The molecule has 0 saturated carbocycles. The van der Waals surface area contributed by atoms with Crippen LogP contribution in [0, 0.1) is 0 Å². The second-order valence-electron chi connectivity index (χ2n) is 7.46. The maximum atomic E-state index is 10.9. The smallest absolute Gasteiger partial charge is 0.335 e. The number of carboxylic acids is 2. The first-order chi connectivity index (χ1) is 17.0. The third-order valence-corrected chi connectivity index (χ3v) is 5.97. The van der Waals surface area contributed by atoms with E-state index in [-0.39, 0.29) is 11.1 Å². The molecule has 4 aromatic carbocycles. The van der Waals surface area contributed by atoms with E-state index in [0.29, 0.717) is 0 Å². The fraction of sp³-hybridized carbons (Fsp3) is 0. The van der Waals surface area contributed by atoms with Gasteiger partial charge >= 0.3 is 11.9 Å². The van der Waals surface area contributed by atoms with Crippen molar-refractivity contribution in [3.05, 3.63) is 119 Å². The third kappa shape index (κ3) is 6.75. The van der Waals surface area contributed by atoms with Crippen molar-refractivity contribution in [2.75, 3.05) is 0 Å². The summed E-state index contributed by atoms with van der Waals surface area (Å²) in [7, 11) is 0. The average Bonchev–Trinajstić information content (AvgIpc) is 2.88. The fourth-order valence-electron chi connectivity index (χ4n) is 3.06. The molecule has 0 aromatic heterocycles. The molecule has 4 aromatic rings. The molecule has 0 heterocycles. The van der Waals surface area contributed by atoms with Gasteiger partial charge in [0, 0.05) is 22.2 Å². The Morgan fingerprint density at radius 2 is 0.886 bits per heavy atom. The lowest BCUT2D eigenvalue weighted by Crippen LogP contribution is -1.95. The van der Waals surface area contributed by atoms with E-state index in [4.69, 9.17) is 10.2 Å². The Balaban J connectivity index is 1.33. The summed E-state index contributed by atoms with van der Waals surface area (Å²) in [5.74, 6) is -1.90. The van der Waals surface area contributed by atoms with E-state index in [1.807, 2.05) is 48.5 Å². The van der Waals surface area contributed by atoms with Crippen molar-refractivity contribution < 1.29 is 19.8 Å². The first-order valence-corrected chi connectivity index (χ1v) is 11.4. The number of aromatic carboxylic acids is 2. The second kappa shape index (κ2) is 11.1. The van der Waals surface area contributed by atoms with Gasteiger partial charge in [-0.2, -0.15) is 0 Å². The van der Waals surface area contributed by atoms with E-state index in [1.165, 1.54) is 0 Å². The molecule has 35 heavy (non-hydrogen) atoms. The number of aliphatic imine (C=N–C) groups is 2. The zero-order valence-corrected chi connectivity index (χ0v) is 19.2. The number of hydrogen-bond donors (Lipinski definition) is 2. The van der Waals surface area contributed by atoms with Gasteiger partial charge in [-0.3, -0.25) is 9.98 Å². The monoisotopic (exact) mass is 480 g/mol. The Labute approximate surface area is 206 Å². The Hall–Kier alpha value is -4.49. The van der Waals surface area contributed by atoms with Crippen LogP contribution >= 0.6 is 11.8 Å². The van der Waals surface area contributed by atoms with Gasteiger partial charge in [0.1, 0.15) is 0 Å². The molecule has 6 nitrogen and oxygen atoms in total. The molecule has 2 N–H and O–H groups in total. The van der Waals surface area contributed by atoms with Crippen LogP contribution in [0.2, 0.25) is 0 Å². The molecule has 172 valence electrons. The summed E-state index contributed by atoms with van der Waals surface area (Å²) in [4.78, 5) is 32.9. The molecular formula is C28H20N2O4S. The maximum absolute atomic E-state index is 10.9. The molecule has 0 unspecified atom stereocenters. The van der Waals surface area contributed by atoms with Crippen LogP contribution in [0.15, 0.2) is 117 Å². The minimum atomic E-state index is -0.950. The van der Waals surface area contributed by atoms with Crippen LogP contribution in [-0.2, 0) is 0 Å². The Morgan fingerprint density at radius 1 is 0.543 bits per heavy atom. The quantitative estimate of drug-likeness (QED) is 0.272. The molecule has 4 rings (SSSR count). The average molecular weight is 481 g/mol. The van der Waals surface area contributed by atoms with Crippen LogP contribution in [0.3, 0.4) is 0 Å². The molecule has 0 aliphatic carbocycles. The number of hydrogen-bond acceptors (Lipinski definition) is 5. The normalized spacial score (nSPS) is 11.2. The van der Waals surface area contributed by atoms with E-state index >= 15 is 0 Å². The van der Waals surface area contributed by atoms with Gasteiger partial charge in [-0.15, -0.1) is 0 Å². The molecule has 0 radical (unpaired) electrons. The van der Waals surface area contributed by atoms with Gasteiger partial charge < -0.3 is 10.2 Å². The van der Waals surface area contributed by atoms with Gasteiger partial charge in [-0.05, 0) is 83.9 Å². The van der Waals surface area contributed by atoms with E-state index in [9.17, 15) is 9.59 Å². The van der Waals surface area contributed by atoms with Crippen molar-refractivity contribution in [3.8, 4) is 0 Å². The highest BCUT2D eigenvalue weighted by atomic mass is 32.2. The largest absolute Gasteiger partial charge is 0.478 e. The Kier molecular flexibility index (Phi) is 7.50. The van der Waals surface area contributed by atoms with Crippen LogP contribution in [0.25, 0.3) is 0 Å². The highest BCUT2D eigenvalue weighted by Gasteiger charge is 2.02. The molecular weight excluding hydrogens is 460 g/mol.